The zero-order chi connectivity index (χ0) is 18.6. The van der Waals surface area contributed by atoms with Gasteiger partial charge in [-0.1, -0.05) is 42.5 Å². The molecular formula is C22H27IN4O. The predicted molar refractivity (Wildman–Crippen MR) is 125 cm³/mol. The lowest BCUT2D eigenvalue weighted by Crippen LogP contribution is -2.46. The highest BCUT2D eigenvalue weighted by Crippen LogP contribution is 2.33. The van der Waals surface area contributed by atoms with Crippen molar-refractivity contribution >= 4 is 41.5 Å². The maximum Gasteiger partial charge on any atom is 0.232 e. The molecule has 1 amide bonds. The molecule has 1 aliphatic carbocycles. The van der Waals surface area contributed by atoms with Crippen LogP contribution in [0, 0.1) is 0 Å². The normalized spacial score (nSPS) is 20.5. The molecule has 2 unspecified atom stereocenters. The van der Waals surface area contributed by atoms with Crippen molar-refractivity contribution in [3.63, 3.8) is 0 Å². The van der Waals surface area contributed by atoms with Crippen LogP contribution in [0.1, 0.15) is 35.4 Å². The lowest BCUT2D eigenvalue weighted by atomic mass is 9.88. The number of halogens is 1. The molecule has 0 saturated heterocycles. The summed E-state index contributed by atoms with van der Waals surface area (Å²) < 4.78 is 0. The molecule has 5 nitrogen and oxygen atoms in total. The second-order valence-corrected chi connectivity index (χ2v) is 7.27. The third kappa shape index (κ3) is 4.48. The third-order valence-corrected chi connectivity index (χ3v) is 5.55. The summed E-state index contributed by atoms with van der Waals surface area (Å²) in [6.07, 6.45) is 3.98. The van der Waals surface area contributed by atoms with Crippen LogP contribution >= 0.6 is 24.0 Å². The molecule has 0 bridgehead atoms. The van der Waals surface area contributed by atoms with Crippen molar-refractivity contribution in [2.45, 2.75) is 37.6 Å². The van der Waals surface area contributed by atoms with Crippen LogP contribution in [0.3, 0.4) is 0 Å². The van der Waals surface area contributed by atoms with Gasteiger partial charge in [0.15, 0.2) is 5.96 Å². The van der Waals surface area contributed by atoms with E-state index in [1.807, 2.05) is 24.3 Å². The van der Waals surface area contributed by atoms with Crippen molar-refractivity contribution < 1.29 is 4.79 Å². The molecule has 0 saturated carbocycles. The molecule has 4 rings (SSSR count). The highest BCUT2D eigenvalue weighted by molar-refractivity contribution is 14.0. The average molecular weight is 490 g/mol. The van der Waals surface area contributed by atoms with E-state index in [0.717, 1.165) is 42.9 Å². The van der Waals surface area contributed by atoms with Gasteiger partial charge in [0.1, 0.15) is 0 Å². The van der Waals surface area contributed by atoms with E-state index < -0.39 is 0 Å². The molecule has 2 aromatic rings. The zero-order valence-corrected chi connectivity index (χ0v) is 18.4. The molecule has 2 aliphatic rings. The second-order valence-electron chi connectivity index (χ2n) is 7.27. The van der Waals surface area contributed by atoms with Gasteiger partial charge in [0.25, 0.3) is 0 Å². The van der Waals surface area contributed by atoms with E-state index >= 15 is 0 Å². The molecule has 2 aromatic carbocycles. The van der Waals surface area contributed by atoms with Gasteiger partial charge < -0.3 is 16.0 Å². The molecule has 2 atom stereocenters. The van der Waals surface area contributed by atoms with E-state index in [1.165, 1.54) is 11.1 Å². The molecule has 3 N–H and O–H groups in total. The van der Waals surface area contributed by atoms with E-state index in [9.17, 15) is 4.79 Å². The minimum absolute atomic E-state index is 0. The summed E-state index contributed by atoms with van der Waals surface area (Å²) in [6.45, 7) is 0.704. The average Bonchev–Trinajstić information content (AvgIpc) is 3.02. The minimum Gasteiger partial charge on any atom is -0.356 e. The first-order valence-electron chi connectivity index (χ1n) is 9.68. The first kappa shape index (κ1) is 20.6. The maximum absolute atomic E-state index is 12.2. The number of nitrogens with one attached hydrogen (secondary N) is 3. The Balaban J connectivity index is 0.00000225. The summed E-state index contributed by atoms with van der Waals surface area (Å²) in [6, 6.07) is 17.0. The van der Waals surface area contributed by atoms with Gasteiger partial charge in [-0.3, -0.25) is 9.79 Å². The Morgan fingerprint density at radius 3 is 2.71 bits per heavy atom. The summed E-state index contributed by atoms with van der Waals surface area (Å²) >= 11 is 0. The van der Waals surface area contributed by atoms with Crippen LogP contribution in [0.25, 0.3) is 0 Å². The van der Waals surface area contributed by atoms with Crippen LogP contribution in [0.5, 0.6) is 0 Å². The smallest absolute Gasteiger partial charge is 0.232 e. The number of carbonyl (C=O) groups excluding carboxylic acids is 1. The van der Waals surface area contributed by atoms with Crippen molar-refractivity contribution in [1.82, 2.24) is 10.6 Å². The number of aliphatic imine (C=N–C) groups is 1. The Morgan fingerprint density at radius 2 is 1.89 bits per heavy atom. The summed E-state index contributed by atoms with van der Waals surface area (Å²) in [5.74, 6) is 0.810. The van der Waals surface area contributed by atoms with Gasteiger partial charge in [0.2, 0.25) is 5.91 Å². The standard InChI is InChI=1S/C22H26N4O.HI/c1-23-22(25-17-11-10-15-6-2-3-7-16(15)14-17)24-13-12-19-18-8-4-5-9-20(18)26-21(19)27;/h2-9,17,19H,10-14H2,1H3,(H,26,27)(H2,23,24,25);1H. The van der Waals surface area contributed by atoms with Crippen molar-refractivity contribution in [1.29, 1.82) is 0 Å². The first-order chi connectivity index (χ1) is 13.2. The number of aryl methyl sites for hydroxylation is 1. The minimum atomic E-state index is -0.0895. The van der Waals surface area contributed by atoms with Crippen LogP contribution in [-0.2, 0) is 17.6 Å². The molecule has 0 aromatic heterocycles. The number of carbonyl (C=O) groups is 1. The fraction of sp³-hybridized carbons (Fsp3) is 0.364. The van der Waals surface area contributed by atoms with E-state index in [4.69, 9.17) is 0 Å². The van der Waals surface area contributed by atoms with Gasteiger partial charge in [-0.15, -0.1) is 24.0 Å². The number of para-hydroxylation sites is 1. The molecule has 0 spiro atoms. The number of nitrogens with zero attached hydrogens (tertiary/aromatic N) is 1. The lowest BCUT2D eigenvalue weighted by Gasteiger charge is -2.27. The number of rotatable bonds is 4. The molecule has 1 heterocycles. The first-order valence-corrected chi connectivity index (χ1v) is 9.68. The zero-order valence-electron chi connectivity index (χ0n) is 16.1. The summed E-state index contributed by atoms with van der Waals surface area (Å²) in [7, 11) is 1.80. The highest BCUT2D eigenvalue weighted by atomic mass is 127. The molecule has 148 valence electrons. The van der Waals surface area contributed by atoms with E-state index in [2.05, 4.69) is 45.2 Å². The van der Waals surface area contributed by atoms with Crippen molar-refractivity contribution in [2.24, 2.45) is 4.99 Å². The van der Waals surface area contributed by atoms with Crippen LogP contribution in [-0.4, -0.2) is 31.5 Å². The van der Waals surface area contributed by atoms with Gasteiger partial charge >= 0.3 is 0 Å². The van der Waals surface area contributed by atoms with Crippen LogP contribution < -0.4 is 16.0 Å². The topological polar surface area (TPSA) is 65.5 Å². The van der Waals surface area contributed by atoms with Gasteiger partial charge in [-0.25, -0.2) is 0 Å². The maximum atomic E-state index is 12.2. The largest absolute Gasteiger partial charge is 0.356 e. The van der Waals surface area contributed by atoms with Gasteiger partial charge in [0, 0.05) is 25.3 Å². The molecule has 6 heteroatoms. The fourth-order valence-corrected chi connectivity index (χ4v) is 4.11. The monoisotopic (exact) mass is 490 g/mol. The highest BCUT2D eigenvalue weighted by Gasteiger charge is 2.29. The Hall–Kier alpha value is -2.09. The second kappa shape index (κ2) is 9.41. The molecular weight excluding hydrogens is 463 g/mol. The summed E-state index contributed by atoms with van der Waals surface area (Å²) in [4.78, 5) is 16.6. The number of benzene rings is 2. The van der Waals surface area contributed by atoms with Gasteiger partial charge in [0.05, 0.1) is 5.92 Å². The van der Waals surface area contributed by atoms with Crippen LogP contribution in [0.2, 0.25) is 0 Å². The Morgan fingerprint density at radius 1 is 1.14 bits per heavy atom. The van der Waals surface area contributed by atoms with Crippen molar-refractivity contribution in [3.05, 3.63) is 65.2 Å². The van der Waals surface area contributed by atoms with E-state index in [1.54, 1.807) is 7.05 Å². The molecule has 0 radical (unpaired) electrons. The fourth-order valence-electron chi connectivity index (χ4n) is 4.11. The van der Waals surface area contributed by atoms with E-state index in [-0.39, 0.29) is 35.8 Å². The van der Waals surface area contributed by atoms with Gasteiger partial charge in [-0.2, -0.15) is 0 Å². The van der Waals surface area contributed by atoms with Crippen molar-refractivity contribution in [2.75, 3.05) is 18.9 Å². The number of amides is 1. The van der Waals surface area contributed by atoms with Crippen LogP contribution in [0.4, 0.5) is 5.69 Å². The Bertz CT molecular complexity index is 867. The van der Waals surface area contributed by atoms with Crippen LogP contribution in [0.15, 0.2) is 53.5 Å². The molecule has 28 heavy (non-hydrogen) atoms. The SMILES string of the molecule is CN=C(NCCC1C(=O)Nc2ccccc21)NC1CCc2ccccc2C1.I. The van der Waals surface area contributed by atoms with Gasteiger partial charge in [-0.05, 0) is 48.4 Å². The quantitative estimate of drug-likeness (QED) is 0.350. The Labute approximate surface area is 183 Å². The number of anilines is 1. The summed E-state index contributed by atoms with van der Waals surface area (Å²) in [5.41, 5.74) is 4.92. The predicted octanol–water partition coefficient (Wildman–Crippen LogP) is 3.45. The number of fused-ring (bicyclic) bond motifs is 2. The third-order valence-electron chi connectivity index (χ3n) is 5.55. The number of hydrogen-bond acceptors (Lipinski definition) is 2. The molecule has 0 fully saturated rings. The van der Waals surface area contributed by atoms with Crippen molar-refractivity contribution in [3.8, 4) is 0 Å². The number of guanidine groups is 1. The Kier molecular flexibility index (Phi) is 6.93. The van der Waals surface area contributed by atoms with E-state index in [0.29, 0.717) is 12.6 Å². The number of hydrogen-bond donors (Lipinski definition) is 3. The summed E-state index contributed by atoms with van der Waals surface area (Å²) in [5, 5.41) is 9.88. The molecule has 1 aliphatic heterocycles. The lowest BCUT2D eigenvalue weighted by molar-refractivity contribution is -0.117.